The first kappa shape index (κ1) is 20.3. The maximum absolute atomic E-state index is 12.1. The smallest absolute Gasteiger partial charge is 0.376 e. The molecule has 25 heavy (non-hydrogen) atoms. The lowest BCUT2D eigenvalue weighted by molar-refractivity contribution is -0.123. The highest BCUT2D eigenvalue weighted by Crippen LogP contribution is 2.17. The summed E-state index contributed by atoms with van der Waals surface area (Å²) in [6.07, 6.45) is -4.50. The van der Waals surface area contributed by atoms with E-state index in [1.165, 1.54) is 18.2 Å². The van der Waals surface area contributed by atoms with Gasteiger partial charge < -0.3 is 16.0 Å². The Morgan fingerprint density at radius 1 is 1.12 bits per heavy atom. The Kier molecular flexibility index (Phi) is 7.22. The number of nitrogens with one attached hydrogen (secondary N) is 4. The lowest BCUT2D eigenvalue weighted by Crippen LogP contribution is -2.41. The van der Waals surface area contributed by atoms with Gasteiger partial charge in [-0.05, 0) is 31.5 Å². The van der Waals surface area contributed by atoms with E-state index in [9.17, 15) is 27.6 Å². The molecule has 0 aliphatic carbocycles. The van der Waals surface area contributed by atoms with Gasteiger partial charge in [0, 0.05) is 17.8 Å². The lowest BCUT2D eigenvalue weighted by atomic mass is 10.1. The van der Waals surface area contributed by atoms with Crippen LogP contribution in [0.5, 0.6) is 0 Å². The quantitative estimate of drug-likeness (QED) is 0.618. The second-order valence-electron chi connectivity index (χ2n) is 5.09. The van der Waals surface area contributed by atoms with E-state index in [1.54, 1.807) is 19.2 Å². The molecule has 0 heterocycles. The Morgan fingerprint density at radius 3 is 2.40 bits per heavy atom. The Hall–Kier alpha value is -2.78. The number of halogens is 3. The van der Waals surface area contributed by atoms with E-state index in [0.29, 0.717) is 17.8 Å². The van der Waals surface area contributed by atoms with Crippen molar-refractivity contribution in [1.82, 2.24) is 16.0 Å². The van der Waals surface area contributed by atoms with Crippen molar-refractivity contribution in [3.05, 3.63) is 29.3 Å². The van der Waals surface area contributed by atoms with Crippen molar-refractivity contribution in [1.29, 1.82) is 0 Å². The van der Waals surface area contributed by atoms with Crippen LogP contribution in [0.3, 0.4) is 0 Å². The number of hydrogen-bond donors (Lipinski definition) is 4. The molecule has 4 N–H and O–H groups in total. The number of benzene rings is 1. The largest absolute Gasteiger partial charge is 0.405 e. The van der Waals surface area contributed by atoms with E-state index >= 15 is 0 Å². The summed E-state index contributed by atoms with van der Waals surface area (Å²) in [6, 6.07) is 3.61. The van der Waals surface area contributed by atoms with Crippen molar-refractivity contribution in [2.75, 3.05) is 25.0 Å². The molecule has 0 radical (unpaired) electrons. The van der Waals surface area contributed by atoms with E-state index in [4.69, 9.17) is 0 Å². The van der Waals surface area contributed by atoms with Gasteiger partial charge in [0.25, 0.3) is 5.91 Å². The number of carbonyl (C=O) groups is 3. The summed E-state index contributed by atoms with van der Waals surface area (Å²) in [5.74, 6) is -1.48. The molecule has 0 saturated heterocycles. The van der Waals surface area contributed by atoms with Crippen LogP contribution in [0.4, 0.5) is 23.7 Å². The average Bonchev–Trinajstić information content (AvgIpc) is 2.51. The summed E-state index contributed by atoms with van der Waals surface area (Å²) in [5.41, 5.74) is 1.09. The van der Waals surface area contributed by atoms with Gasteiger partial charge in [0.05, 0.1) is 6.54 Å². The second-order valence-corrected chi connectivity index (χ2v) is 5.09. The maximum atomic E-state index is 12.1. The summed E-state index contributed by atoms with van der Waals surface area (Å²) >= 11 is 0. The topological polar surface area (TPSA) is 99.3 Å². The Balaban J connectivity index is 2.67. The first-order valence-electron chi connectivity index (χ1n) is 7.39. The van der Waals surface area contributed by atoms with Gasteiger partial charge in [0.1, 0.15) is 6.54 Å². The fourth-order valence-electron chi connectivity index (χ4n) is 1.79. The van der Waals surface area contributed by atoms with Gasteiger partial charge in [-0.25, -0.2) is 4.79 Å². The maximum Gasteiger partial charge on any atom is 0.405 e. The molecule has 0 aromatic heterocycles. The molecule has 1 aromatic carbocycles. The van der Waals surface area contributed by atoms with Crippen LogP contribution in [-0.2, 0) is 4.79 Å². The molecule has 0 unspecified atom stereocenters. The third-order valence-electron chi connectivity index (χ3n) is 2.98. The Bertz CT molecular complexity index is 647. The molecule has 1 aromatic rings. The standard InChI is InChI=1S/C15H19F3N4O3/c1-3-19-14(25)22-12(23)7-20-11-6-10(5-4-9(11)2)13(24)21-8-15(16,17)18/h4-6,20H,3,7-8H2,1-2H3,(H,21,24)(H2,19,22,23,25). The predicted octanol–water partition coefficient (Wildman–Crippen LogP) is 1.54. The highest BCUT2D eigenvalue weighted by molar-refractivity contribution is 5.97. The monoisotopic (exact) mass is 360 g/mol. The van der Waals surface area contributed by atoms with Crippen LogP contribution >= 0.6 is 0 Å². The molecule has 0 fully saturated rings. The van der Waals surface area contributed by atoms with Crippen molar-refractivity contribution >= 4 is 23.5 Å². The molecule has 7 nitrogen and oxygen atoms in total. The SMILES string of the molecule is CCNC(=O)NC(=O)CNc1cc(C(=O)NCC(F)(F)F)ccc1C. The summed E-state index contributed by atoms with van der Waals surface area (Å²) in [4.78, 5) is 34.6. The highest BCUT2D eigenvalue weighted by Gasteiger charge is 2.28. The Labute approximate surface area is 142 Å². The van der Waals surface area contributed by atoms with Gasteiger partial charge in [-0.1, -0.05) is 6.07 Å². The molecule has 0 bridgehead atoms. The van der Waals surface area contributed by atoms with Gasteiger partial charge in [0.2, 0.25) is 5.91 Å². The minimum atomic E-state index is -4.50. The molecular formula is C15H19F3N4O3. The number of alkyl halides is 3. The first-order chi connectivity index (χ1) is 11.6. The van der Waals surface area contributed by atoms with Crippen molar-refractivity contribution in [2.45, 2.75) is 20.0 Å². The normalized spacial score (nSPS) is 10.8. The van der Waals surface area contributed by atoms with Crippen molar-refractivity contribution in [2.24, 2.45) is 0 Å². The summed E-state index contributed by atoms with van der Waals surface area (Å²) in [5, 5.41) is 8.98. The van der Waals surface area contributed by atoms with Crippen molar-refractivity contribution in [3.63, 3.8) is 0 Å². The molecule has 138 valence electrons. The van der Waals surface area contributed by atoms with E-state index < -0.39 is 30.6 Å². The average molecular weight is 360 g/mol. The number of aryl methyl sites for hydroxylation is 1. The van der Waals surface area contributed by atoms with Crippen molar-refractivity contribution < 1.29 is 27.6 Å². The third kappa shape index (κ3) is 7.55. The Morgan fingerprint density at radius 2 is 1.80 bits per heavy atom. The minimum absolute atomic E-state index is 0.0153. The fourth-order valence-corrected chi connectivity index (χ4v) is 1.79. The highest BCUT2D eigenvalue weighted by atomic mass is 19.4. The summed E-state index contributed by atoms with van der Waals surface area (Å²) < 4.78 is 36.4. The first-order valence-corrected chi connectivity index (χ1v) is 7.39. The lowest BCUT2D eigenvalue weighted by Gasteiger charge is -2.12. The number of urea groups is 1. The van der Waals surface area contributed by atoms with Crippen LogP contribution in [0, 0.1) is 6.92 Å². The summed E-state index contributed by atoms with van der Waals surface area (Å²) in [7, 11) is 0. The van der Waals surface area contributed by atoms with Crippen molar-refractivity contribution in [3.8, 4) is 0 Å². The third-order valence-corrected chi connectivity index (χ3v) is 2.98. The minimum Gasteiger partial charge on any atom is -0.376 e. The summed E-state index contributed by atoms with van der Waals surface area (Å²) in [6.45, 7) is 2.08. The van der Waals surface area contributed by atoms with E-state index in [1.807, 2.05) is 0 Å². The molecule has 0 spiro atoms. The molecule has 0 aliphatic rings. The molecule has 10 heteroatoms. The van der Waals surface area contributed by atoms with Gasteiger partial charge in [0.15, 0.2) is 0 Å². The van der Waals surface area contributed by atoms with E-state index in [0.717, 1.165) is 0 Å². The zero-order valence-corrected chi connectivity index (χ0v) is 13.7. The number of imide groups is 1. The number of anilines is 1. The van der Waals surface area contributed by atoms with Crippen LogP contribution in [0.1, 0.15) is 22.8 Å². The zero-order chi connectivity index (χ0) is 19.0. The molecule has 0 atom stereocenters. The van der Waals surface area contributed by atoms with E-state index in [2.05, 4.69) is 16.0 Å². The molecule has 0 saturated carbocycles. The van der Waals surface area contributed by atoms with Crippen LogP contribution < -0.4 is 21.3 Å². The molecule has 4 amide bonds. The van der Waals surface area contributed by atoms with E-state index in [-0.39, 0.29) is 12.1 Å². The van der Waals surface area contributed by atoms with Crippen LogP contribution in [0.15, 0.2) is 18.2 Å². The number of rotatable bonds is 6. The zero-order valence-electron chi connectivity index (χ0n) is 13.7. The number of hydrogen-bond acceptors (Lipinski definition) is 4. The van der Waals surface area contributed by atoms with Crippen LogP contribution in [-0.4, -0.2) is 43.7 Å². The van der Waals surface area contributed by atoms with Crippen LogP contribution in [0.25, 0.3) is 0 Å². The van der Waals surface area contributed by atoms with Crippen LogP contribution in [0.2, 0.25) is 0 Å². The van der Waals surface area contributed by atoms with Gasteiger partial charge in [-0.3, -0.25) is 14.9 Å². The van der Waals surface area contributed by atoms with Gasteiger partial charge >= 0.3 is 12.2 Å². The van der Waals surface area contributed by atoms with Gasteiger partial charge in [-0.2, -0.15) is 13.2 Å². The number of amides is 4. The number of carbonyl (C=O) groups excluding carboxylic acids is 3. The molecular weight excluding hydrogens is 341 g/mol. The predicted molar refractivity (Wildman–Crippen MR) is 85.3 cm³/mol. The van der Waals surface area contributed by atoms with Gasteiger partial charge in [-0.15, -0.1) is 0 Å². The second kappa shape index (κ2) is 8.90. The molecule has 0 aliphatic heterocycles. The molecule has 1 rings (SSSR count). The fraction of sp³-hybridized carbons (Fsp3) is 0.400.